The summed E-state index contributed by atoms with van der Waals surface area (Å²) in [4.78, 5) is 0. The fourth-order valence-corrected chi connectivity index (χ4v) is 8.41. The second-order valence-corrected chi connectivity index (χ2v) is 13.8. The van der Waals surface area contributed by atoms with Gasteiger partial charge in [0.1, 0.15) is 0 Å². The van der Waals surface area contributed by atoms with Gasteiger partial charge in [0.2, 0.25) is 0 Å². The molecule has 11 rings (SSSR count). The monoisotopic (exact) mass is 660 g/mol. The Labute approximate surface area is 301 Å². The topological polar surface area (TPSA) is 9.86 Å². The van der Waals surface area contributed by atoms with Crippen LogP contribution in [0.2, 0.25) is 0 Å². The molecule has 9 aromatic carbocycles. The number of benzene rings is 9. The van der Waals surface area contributed by atoms with Crippen LogP contribution in [0.3, 0.4) is 0 Å². The molecule has 0 amide bonds. The molecule has 0 radical (unpaired) electrons. The summed E-state index contributed by atoms with van der Waals surface area (Å²) in [6.07, 6.45) is 0. The standard InChI is InChI=1S/C50H32N2/c1-2-10-33(11-3-1)37-20-21-40-32-42(27-24-39(40)31-37)52-46-16-8-6-14-43(46)44-28-29-48-49(50(44)52)45-15-7-9-17-47(45)51(48)41-25-22-35(23-26-41)38-19-18-34-12-4-5-13-36(34)30-38/h1-32H. The number of rotatable bonds is 4. The minimum absolute atomic E-state index is 1.15. The highest BCUT2D eigenvalue weighted by Crippen LogP contribution is 2.42. The maximum absolute atomic E-state index is 2.48. The van der Waals surface area contributed by atoms with Gasteiger partial charge in [-0.25, -0.2) is 0 Å². The van der Waals surface area contributed by atoms with Crippen LogP contribution in [-0.4, -0.2) is 9.13 Å². The Bertz CT molecular complexity index is 3160. The molecule has 2 nitrogen and oxygen atoms in total. The van der Waals surface area contributed by atoms with Crippen molar-refractivity contribution in [2.45, 2.75) is 0 Å². The van der Waals surface area contributed by atoms with Gasteiger partial charge in [-0.2, -0.15) is 0 Å². The van der Waals surface area contributed by atoms with E-state index in [1.165, 1.54) is 87.4 Å². The lowest BCUT2D eigenvalue weighted by molar-refractivity contribution is 1.18. The van der Waals surface area contributed by atoms with E-state index in [2.05, 4.69) is 203 Å². The van der Waals surface area contributed by atoms with Gasteiger partial charge in [-0.3, -0.25) is 0 Å². The van der Waals surface area contributed by atoms with Crippen molar-refractivity contribution in [2.24, 2.45) is 0 Å². The lowest BCUT2D eigenvalue weighted by Gasteiger charge is -2.12. The lowest BCUT2D eigenvalue weighted by atomic mass is 10.0. The number of para-hydroxylation sites is 2. The molecule has 0 aliphatic heterocycles. The first-order chi connectivity index (χ1) is 25.8. The van der Waals surface area contributed by atoms with Crippen molar-refractivity contribution in [1.29, 1.82) is 0 Å². The number of fused-ring (bicyclic) bond motifs is 9. The average Bonchev–Trinajstić information content (AvgIpc) is 3.74. The quantitative estimate of drug-likeness (QED) is 0.178. The van der Waals surface area contributed by atoms with Gasteiger partial charge in [-0.05, 0) is 98.4 Å². The molecule has 0 saturated carbocycles. The maximum Gasteiger partial charge on any atom is 0.0641 e. The smallest absolute Gasteiger partial charge is 0.0641 e. The molecule has 0 aliphatic carbocycles. The van der Waals surface area contributed by atoms with Crippen molar-refractivity contribution in [3.05, 3.63) is 194 Å². The molecule has 2 aromatic heterocycles. The molecule has 2 heteroatoms. The zero-order chi connectivity index (χ0) is 34.2. The van der Waals surface area contributed by atoms with Gasteiger partial charge in [-0.15, -0.1) is 0 Å². The highest BCUT2D eigenvalue weighted by molar-refractivity contribution is 6.26. The Hall–Kier alpha value is -6.90. The van der Waals surface area contributed by atoms with Crippen LogP contribution in [0.4, 0.5) is 0 Å². The van der Waals surface area contributed by atoms with Crippen molar-refractivity contribution in [3.63, 3.8) is 0 Å². The second-order valence-electron chi connectivity index (χ2n) is 13.8. The molecule has 0 fully saturated rings. The Morgan fingerprint density at radius 3 is 1.60 bits per heavy atom. The zero-order valence-corrected chi connectivity index (χ0v) is 28.4. The minimum atomic E-state index is 1.15. The van der Waals surface area contributed by atoms with E-state index in [1.807, 2.05) is 0 Å². The predicted molar refractivity (Wildman–Crippen MR) is 221 cm³/mol. The molecule has 2 heterocycles. The van der Waals surface area contributed by atoms with Gasteiger partial charge in [0.15, 0.2) is 0 Å². The van der Waals surface area contributed by atoms with E-state index >= 15 is 0 Å². The van der Waals surface area contributed by atoms with E-state index in [0.29, 0.717) is 0 Å². The fraction of sp³-hybridized carbons (Fsp3) is 0. The van der Waals surface area contributed by atoms with Crippen LogP contribution in [0.25, 0.3) is 98.8 Å². The first kappa shape index (κ1) is 28.9. The summed E-state index contributed by atoms with van der Waals surface area (Å²) >= 11 is 0. The van der Waals surface area contributed by atoms with Crippen LogP contribution >= 0.6 is 0 Å². The van der Waals surface area contributed by atoms with E-state index in [1.54, 1.807) is 0 Å². The van der Waals surface area contributed by atoms with Gasteiger partial charge in [-0.1, -0.05) is 140 Å². The van der Waals surface area contributed by atoms with Gasteiger partial charge in [0.05, 0.1) is 22.1 Å². The molecule has 0 unspecified atom stereocenters. The van der Waals surface area contributed by atoms with Crippen LogP contribution < -0.4 is 0 Å². The van der Waals surface area contributed by atoms with Crippen molar-refractivity contribution in [1.82, 2.24) is 9.13 Å². The summed E-state index contributed by atoms with van der Waals surface area (Å²) < 4.78 is 4.92. The van der Waals surface area contributed by atoms with Gasteiger partial charge in [0.25, 0.3) is 0 Å². The third kappa shape index (κ3) is 4.38. The summed E-state index contributed by atoms with van der Waals surface area (Å²) in [7, 11) is 0. The Morgan fingerprint density at radius 2 is 0.808 bits per heavy atom. The van der Waals surface area contributed by atoms with Crippen LogP contribution in [0.5, 0.6) is 0 Å². The average molecular weight is 661 g/mol. The summed E-state index contributed by atoms with van der Waals surface area (Å²) in [5, 5.41) is 10.0. The van der Waals surface area contributed by atoms with E-state index in [4.69, 9.17) is 0 Å². The molecule has 0 saturated heterocycles. The van der Waals surface area contributed by atoms with Crippen LogP contribution in [0.1, 0.15) is 0 Å². The fourth-order valence-electron chi connectivity index (χ4n) is 8.41. The number of hydrogen-bond acceptors (Lipinski definition) is 0. The molecule has 52 heavy (non-hydrogen) atoms. The van der Waals surface area contributed by atoms with Crippen molar-refractivity contribution in [3.8, 4) is 33.6 Å². The largest absolute Gasteiger partial charge is 0.309 e. The molecule has 0 aliphatic rings. The molecular weight excluding hydrogens is 629 g/mol. The van der Waals surface area contributed by atoms with Gasteiger partial charge < -0.3 is 9.13 Å². The summed E-state index contributed by atoms with van der Waals surface area (Å²) in [5.74, 6) is 0. The third-order valence-electron chi connectivity index (χ3n) is 10.9. The molecule has 0 atom stereocenters. The summed E-state index contributed by atoms with van der Waals surface area (Å²) in [6, 6.07) is 71.0. The SMILES string of the molecule is c1ccc(-c2ccc3cc(-n4c5ccccc5c5ccc6c(c7ccccc7n6-c6ccc(-c7ccc8ccccc8c7)cc6)c54)ccc3c2)cc1. The normalized spacial score (nSPS) is 11.8. The van der Waals surface area contributed by atoms with Gasteiger partial charge in [0, 0.05) is 32.9 Å². The molecular formula is C50H32N2. The lowest BCUT2D eigenvalue weighted by Crippen LogP contribution is -1.96. The minimum Gasteiger partial charge on any atom is -0.309 e. The third-order valence-corrected chi connectivity index (χ3v) is 10.9. The van der Waals surface area contributed by atoms with E-state index < -0.39 is 0 Å². The highest BCUT2D eigenvalue weighted by Gasteiger charge is 2.21. The van der Waals surface area contributed by atoms with E-state index in [9.17, 15) is 0 Å². The first-order valence-electron chi connectivity index (χ1n) is 17.9. The van der Waals surface area contributed by atoms with Crippen molar-refractivity contribution in [2.75, 3.05) is 0 Å². The Balaban J connectivity index is 1.12. The highest BCUT2D eigenvalue weighted by atomic mass is 15.0. The van der Waals surface area contributed by atoms with Crippen LogP contribution in [0, 0.1) is 0 Å². The summed E-state index contributed by atoms with van der Waals surface area (Å²) in [6.45, 7) is 0. The van der Waals surface area contributed by atoms with Crippen LogP contribution in [0.15, 0.2) is 194 Å². The van der Waals surface area contributed by atoms with Gasteiger partial charge >= 0.3 is 0 Å². The molecule has 0 N–H and O–H groups in total. The van der Waals surface area contributed by atoms with E-state index in [0.717, 1.165) is 11.4 Å². The molecule has 0 bridgehead atoms. The number of aromatic nitrogens is 2. The second kappa shape index (κ2) is 11.3. The number of hydrogen-bond donors (Lipinski definition) is 0. The first-order valence-corrected chi connectivity index (χ1v) is 17.9. The maximum atomic E-state index is 2.48. The number of nitrogens with zero attached hydrogens (tertiary/aromatic N) is 2. The van der Waals surface area contributed by atoms with E-state index in [-0.39, 0.29) is 0 Å². The Kier molecular flexibility index (Phi) is 6.28. The summed E-state index contributed by atoms with van der Waals surface area (Å²) in [5.41, 5.74) is 12.1. The zero-order valence-electron chi connectivity index (χ0n) is 28.4. The molecule has 242 valence electrons. The predicted octanol–water partition coefficient (Wildman–Crippen LogP) is 13.5. The Morgan fingerprint density at radius 1 is 0.269 bits per heavy atom. The van der Waals surface area contributed by atoms with Crippen molar-refractivity contribution < 1.29 is 0 Å². The van der Waals surface area contributed by atoms with Crippen LogP contribution in [-0.2, 0) is 0 Å². The van der Waals surface area contributed by atoms with Crippen molar-refractivity contribution >= 4 is 65.2 Å². The molecule has 0 spiro atoms. The molecule has 11 aromatic rings.